The van der Waals surface area contributed by atoms with Crippen molar-refractivity contribution in [3.63, 3.8) is 0 Å². The fourth-order valence-electron chi connectivity index (χ4n) is 3.22. The van der Waals surface area contributed by atoms with Gasteiger partial charge in [-0.15, -0.1) is 0 Å². The van der Waals surface area contributed by atoms with Gasteiger partial charge in [-0.25, -0.2) is 0 Å². The Morgan fingerprint density at radius 3 is 2.84 bits per heavy atom. The summed E-state index contributed by atoms with van der Waals surface area (Å²) in [4.78, 5) is 12.1. The minimum Gasteiger partial charge on any atom is -0.493 e. The summed E-state index contributed by atoms with van der Waals surface area (Å²) in [5.41, 5.74) is 1.12. The molecular weight excluding hydrogens is 238 g/mol. The van der Waals surface area contributed by atoms with Crippen molar-refractivity contribution >= 4 is 5.91 Å². The van der Waals surface area contributed by atoms with E-state index in [0.717, 1.165) is 17.7 Å². The molecule has 1 aromatic rings. The molecule has 1 aliphatic heterocycles. The van der Waals surface area contributed by atoms with Gasteiger partial charge in [-0.3, -0.25) is 4.79 Å². The van der Waals surface area contributed by atoms with E-state index in [9.17, 15) is 4.79 Å². The SMILES string of the molecule is O=C(CC1CCCC1)N[C@H]1CCOc2ccccc21. The van der Waals surface area contributed by atoms with Crippen molar-refractivity contribution in [2.45, 2.75) is 44.6 Å². The van der Waals surface area contributed by atoms with Crippen molar-refractivity contribution in [2.24, 2.45) is 5.92 Å². The number of ether oxygens (including phenoxy) is 1. The predicted octanol–water partition coefficient (Wildman–Crippen LogP) is 3.21. The molecule has 102 valence electrons. The van der Waals surface area contributed by atoms with Crippen LogP contribution in [0.4, 0.5) is 0 Å². The fourth-order valence-corrected chi connectivity index (χ4v) is 3.22. The molecule has 2 aliphatic rings. The van der Waals surface area contributed by atoms with Gasteiger partial charge in [-0.1, -0.05) is 31.0 Å². The molecule has 3 nitrogen and oxygen atoms in total. The summed E-state index contributed by atoms with van der Waals surface area (Å²) in [6.45, 7) is 0.686. The third-order valence-corrected chi connectivity index (χ3v) is 4.24. The van der Waals surface area contributed by atoms with Crippen LogP contribution in [0, 0.1) is 5.92 Å². The van der Waals surface area contributed by atoms with Gasteiger partial charge in [0.2, 0.25) is 5.91 Å². The molecular formula is C16H21NO2. The Hall–Kier alpha value is -1.51. The van der Waals surface area contributed by atoms with E-state index < -0.39 is 0 Å². The Morgan fingerprint density at radius 1 is 1.21 bits per heavy atom. The van der Waals surface area contributed by atoms with Crippen LogP contribution in [0.1, 0.15) is 50.1 Å². The highest BCUT2D eigenvalue weighted by Gasteiger charge is 2.24. The molecule has 1 amide bonds. The third kappa shape index (κ3) is 2.91. The second-order valence-corrected chi connectivity index (χ2v) is 5.65. The van der Waals surface area contributed by atoms with Crippen LogP contribution in [-0.4, -0.2) is 12.5 Å². The monoisotopic (exact) mass is 259 g/mol. The fraction of sp³-hybridized carbons (Fsp3) is 0.562. The standard InChI is InChI=1S/C16H21NO2/c18-16(11-12-5-1-2-6-12)17-14-9-10-19-15-8-4-3-7-13(14)15/h3-4,7-8,12,14H,1-2,5-6,9-11H2,(H,17,18)/t14-/m0/s1. The number of benzene rings is 1. The summed E-state index contributed by atoms with van der Waals surface area (Å²) in [5, 5.41) is 3.18. The van der Waals surface area contributed by atoms with Crippen molar-refractivity contribution in [1.29, 1.82) is 0 Å². The van der Waals surface area contributed by atoms with Crippen LogP contribution in [0.25, 0.3) is 0 Å². The van der Waals surface area contributed by atoms with E-state index in [1.165, 1.54) is 25.7 Å². The molecule has 0 radical (unpaired) electrons. The molecule has 3 rings (SSSR count). The molecule has 19 heavy (non-hydrogen) atoms. The van der Waals surface area contributed by atoms with Crippen LogP contribution in [0.5, 0.6) is 5.75 Å². The van der Waals surface area contributed by atoms with Crippen LogP contribution in [0.3, 0.4) is 0 Å². The number of carbonyl (C=O) groups excluding carboxylic acids is 1. The average molecular weight is 259 g/mol. The number of carbonyl (C=O) groups is 1. The maximum absolute atomic E-state index is 12.1. The number of hydrogen-bond acceptors (Lipinski definition) is 2. The van der Waals surface area contributed by atoms with Crippen molar-refractivity contribution in [3.05, 3.63) is 29.8 Å². The van der Waals surface area contributed by atoms with Gasteiger partial charge in [-0.2, -0.15) is 0 Å². The van der Waals surface area contributed by atoms with E-state index in [4.69, 9.17) is 4.74 Å². The summed E-state index contributed by atoms with van der Waals surface area (Å²) in [6.07, 6.45) is 6.58. The Balaban J connectivity index is 1.62. The van der Waals surface area contributed by atoms with Crippen LogP contribution in [-0.2, 0) is 4.79 Å². The summed E-state index contributed by atoms with van der Waals surface area (Å²) in [6, 6.07) is 8.13. The summed E-state index contributed by atoms with van der Waals surface area (Å²) in [5.74, 6) is 1.73. The Kier molecular flexibility index (Phi) is 3.72. The minimum atomic E-state index is 0.124. The molecule has 0 bridgehead atoms. The Morgan fingerprint density at radius 2 is 2.00 bits per heavy atom. The van der Waals surface area contributed by atoms with Crippen LogP contribution < -0.4 is 10.1 Å². The lowest BCUT2D eigenvalue weighted by molar-refractivity contribution is -0.122. The Bertz CT molecular complexity index is 452. The van der Waals surface area contributed by atoms with Gasteiger partial charge in [0.05, 0.1) is 12.6 Å². The van der Waals surface area contributed by atoms with E-state index >= 15 is 0 Å². The highest BCUT2D eigenvalue weighted by atomic mass is 16.5. The van der Waals surface area contributed by atoms with Gasteiger partial charge in [0.15, 0.2) is 0 Å². The zero-order chi connectivity index (χ0) is 13.1. The molecule has 0 spiro atoms. The highest BCUT2D eigenvalue weighted by Crippen LogP contribution is 2.32. The smallest absolute Gasteiger partial charge is 0.220 e. The van der Waals surface area contributed by atoms with E-state index in [-0.39, 0.29) is 11.9 Å². The number of rotatable bonds is 3. The molecule has 1 atom stereocenters. The van der Waals surface area contributed by atoms with Gasteiger partial charge in [0, 0.05) is 18.4 Å². The molecule has 1 heterocycles. The molecule has 1 N–H and O–H groups in total. The maximum Gasteiger partial charge on any atom is 0.220 e. The molecule has 1 saturated carbocycles. The van der Waals surface area contributed by atoms with Gasteiger partial charge in [0.1, 0.15) is 5.75 Å². The van der Waals surface area contributed by atoms with Crippen molar-refractivity contribution < 1.29 is 9.53 Å². The molecule has 1 aromatic carbocycles. The second kappa shape index (κ2) is 5.64. The summed E-state index contributed by atoms with van der Waals surface area (Å²) in [7, 11) is 0. The predicted molar refractivity (Wildman–Crippen MR) is 74.0 cm³/mol. The third-order valence-electron chi connectivity index (χ3n) is 4.24. The van der Waals surface area contributed by atoms with Crippen LogP contribution in [0.15, 0.2) is 24.3 Å². The quantitative estimate of drug-likeness (QED) is 0.905. The van der Waals surface area contributed by atoms with Crippen molar-refractivity contribution in [2.75, 3.05) is 6.61 Å². The summed E-state index contributed by atoms with van der Waals surface area (Å²) < 4.78 is 5.62. The van der Waals surface area contributed by atoms with E-state index in [2.05, 4.69) is 11.4 Å². The second-order valence-electron chi connectivity index (χ2n) is 5.65. The largest absolute Gasteiger partial charge is 0.493 e. The van der Waals surface area contributed by atoms with Crippen molar-refractivity contribution in [3.8, 4) is 5.75 Å². The van der Waals surface area contributed by atoms with Crippen molar-refractivity contribution in [1.82, 2.24) is 5.32 Å². The zero-order valence-corrected chi connectivity index (χ0v) is 11.2. The first-order chi connectivity index (χ1) is 9.33. The lowest BCUT2D eigenvalue weighted by atomic mass is 9.99. The first kappa shape index (κ1) is 12.5. The summed E-state index contributed by atoms with van der Waals surface area (Å²) >= 11 is 0. The average Bonchev–Trinajstić information content (AvgIpc) is 2.92. The topological polar surface area (TPSA) is 38.3 Å². The highest BCUT2D eigenvalue weighted by molar-refractivity contribution is 5.77. The zero-order valence-electron chi connectivity index (χ0n) is 11.2. The Labute approximate surface area is 114 Å². The van der Waals surface area contributed by atoms with Crippen LogP contribution in [0.2, 0.25) is 0 Å². The lowest BCUT2D eigenvalue weighted by Crippen LogP contribution is -2.32. The van der Waals surface area contributed by atoms with Gasteiger partial charge in [-0.05, 0) is 24.8 Å². The number of amides is 1. The lowest BCUT2D eigenvalue weighted by Gasteiger charge is -2.27. The minimum absolute atomic E-state index is 0.124. The van der Waals surface area contributed by atoms with Gasteiger partial charge < -0.3 is 10.1 Å². The number of hydrogen-bond donors (Lipinski definition) is 1. The van der Waals surface area contributed by atoms with Crippen LogP contribution >= 0.6 is 0 Å². The number of fused-ring (bicyclic) bond motifs is 1. The number of para-hydroxylation sites is 1. The van der Waals surface area contributed by atoms with Gasteiger partial charge >= 0.3 is 0 Å². The van der Waals surface area contributed by atoms with E-state index in [1.807, 2.05) is 18.2 Å². The number of nitrogens with one attached hydrogen (secondary N) is 1. The normalized spacial score (nSPS) is 22.6. The molecule has 1 aliphatic carbocycles. The molecule has 1 fully saturated rings. The molecule has 3 heteroatoms. The molecule has 0 unspecified atom stereocenters. The molecule has 0 aromatic heterocycles. The van der Waals surface area contributed by atoms with E-state index in [1.54, 1.807) is 0 Å². The molecule has 0 saturated heterocycles. The maximum atomic E-state index is 12.1. The van der Waals surface area contributed by atoms with E-state index in [0.29, 0.717) is 18.9 Å². The first-order valence-corrected chi connectivity index (χ1v) is 7.34. The first-order valence-electron chi connectivity index (χ1n) is 7.34. The van der Waals surface area contributed by atoms with Gasteiger partial charge in [0.25, 0.3) is 0 Å².